The summed E-state index contributed by atoms with van der Waals surface area (Å²) in [4.78, 5) is 29.0. The fourth-order valence-corrected chi connectivity index (χ4v) is 3.65. The molecule has 3 aromatic rings. The molecule has 0 aliphatic heterocycles. The molecule has 0 aliphatic rings. The van der Waals surface area contributed by atoms with Crippen LogP contribution in [0.15, 0.2) is 53.9 Å². The van der Waals surface area contributed by atoms with Crippen LogP contribution < -0.4 is 20.3 Å². The molecule has 1 aromatic heterocycles. The van der Waals surface area contributed by atoms with Crippen LogP contribution in [0.4, 0.5) is 0 Å². The number of para-hydroxylation sites is 1. The number of nitrogens with one attached hydrogen (secondary N) is 2. The number of benzene rings is 2. The summed E-state index contributed by atoms with van der Waals surface area (Å²) in [5, 5.41) is 2.60. The average Bonchev–Trinajstić information content (AvgIpc) is 3.21. The summed E-state index contributed by atoms with van der Waals surface area (Å²) >= 11 is 1.44. The topological polar surface area (TPSA) is 89.5 Å². The summed E-state index contributed by atoms with van der Waals surface area (Å²) in [5.41, 5.74) is 6.77. The quantitative estimate of drug-likeness (QED) is 0.518. The summed E-state index contributed by atoms with van der Waals surface area (Å²) in [7, 11) is 0. The van der Waals surface area contributed by atoms with E-state index >= 15 is 0 Å². The Bertz CT molecular complexity index is 1030. The van der Waals surface area contributed by atoms with Crippen LogP contribution in [0.25, 0.3) is 10.6 Å². The van der Waals surface area contributed by atoms with E-state index in [-0.39, 0.29) is 18.4 Å². The highest BCUT2D eigenvalue weighted by Gasteiger charge is 2.13. The van der Waals surface area contributed by atoms with Crippen molar-refractivity contribution in [1.82, 2.24) is 15.8 Å². The molecule has 2 amide bonds. The number of amides is 2. The van der Waals surface area contributed by atoms with Crippen molar-refractivity contribution < 1.29 is 19.1 Å². The molecule has 2 aromatic carbocycles. The van der Waals surface area contributed by atoms with Crippen LogP contribution >= 0.6 is 11.3 Å². The van der Waals surface area contributed by atoms with Gasteiger partial charge in [-0.1, -0.05) is 12.1 Å². The number of carbonyl (C=O) groups excluding carboxylic acids is 2. The van der Waals surface area contributed by atoms with Crippen LogP contribution in [0.2, 0.25) is 0 Å². The summed E-state index contributed by atoms with van der Waals surface area (Å²) in [6.45, 7) is 6.35. The van der Waals surface area contributed by atoms with Crippen LogP contribution in [-0.4, -0.2) is 29.5 Å². The standard InChI is InChI=1S/C23H25N3O4S/c1-4-29-20-8-6-5-7-19(20)23-24-17(14-31-23)13-21(27)25-26-22(28)16-9-11-18(12-10-16)30-15(2)3/h5-12,14-15H,4,13H2,1-3H3,(H,25,27)(H,26,28). The number of ether oxygens (including phenoxy) is 2. The summed E-state index contributed by atoms with van der Waals surface area (Å²) in [6.07, 6.45) is 0.104. The number of hydrogen-bond donors (Lipinski definition) is 2. The van der Waals surface area contributed by atoms with Gasteiger partial charge in [-0.3, -0.25) is 20.4 Å². The van der Waals surface area contributed by atoms with E-state index in [1.165, 1.54) is 11.3 Å². The van der Waals surface area contributed by atoms with Crippen molar-refractivity contribution in [2.45, 2.75) is 33.3 Å². The Labute approximate surface area is 185 Å². The number of aromatic nitrogens is 1. The lowest BCUT2D eigenvalue weighted by atomic mass is 10.2. The van der Waals surface area contributed by atoms with E-state index in [0.717, 1.165) is 16.3 Å². The van der Waals surface area contributed by atoms with Gasteiger partial charge in [0, 0.05) is 10.9 Å². The number of hydrazine groups is 1. The van der Waals surface area contributed by atoms with Crippen molar-refractivity contribution in [3.63, 3.8) is 0 Å². The molecule has 0 bridgehead atoms. The predicted molar refractivity (Wildman–Crippen MR) is 120 cm³/mol. The molecule has 3 rings (SSSR count). The van der Waals surface area contributed by atoms with E-state index in [0.29, 0.717) is 23.6 Å². The van der Waals surface area contributed by atoms with Gasteiger partial charge >= 0.3 is 0 Å². The minimum absolute atomic E-state index is 0.0503. The maximum Gasteiger partial charge on any atom is 0.269 e. The van der Waals surface area contributed by atoms with Crippen molar-refractivity contribution in [3.8, 4) is 22.1 Å². The third kappa shape index (κ3) is 6.29. The second-order valence-corrected chi connectivity index (χ2v) is 7.80. The summed E-state index contributed by atoms with van der Waals surface area (Å²) in [5.74, 6) is 0.672. The van der Waals surface area contributed by atoms with Gasteiger partial charge in [0.2, 0.25) is 5.91 Å². The Kier molecular flexibility index (Phi) is 7.61. The molecule has 0 saturated heterocycles. The molecule has 0 fully saturated rings. The first kappa shape index (κ1) is 22.3. The predicted octanol–water partition coefficient (Wildman–Crippen LogP) is 4.00. The van der Waals surface area contributed by atoms with Gasteiger partial charge in [-0.2, -0.15) is 0 Å². The molecule has 0 spiro atoms. The highest BCUT2D eigenvalue weighted by Crippen LogP contribution is 2.32. The second-order valence-electron chi connectivity index (χ2n) is 6.94. The van der Waals surface area contributed by atoms with Crippen molar-refractivity contribution in [2.24, 2.45) is 0 Å². The van der Waals surface area contributed by atoms with Gasteiger partial charge < -0.3 is 9.47 Å². The Hall–Kier alpha value is -3.39. The minimum atomic E-state index is -0.408. The average molecular weight is 440 g/mol. The third-order valence-electron chi connectivity index (χ3n) is 4.11. The van der Waals surface area contributed by atoms with Crippen molar-refractivity contribution in [1.29, 1.82) is 0 Å². The molecule has 31 heavy (non-hydrogen) atoms. The molecule has 0 radical (unpaired) electrons. The molecule has 8 heteroatoms. The number of rotatable bonds is 8. The van der Waals surface area contributed by atoms with Crippen molar-refractivity contribution in [2.75, 3.05) is 6.61 Å². The molecule has 1 heterocycles. The van der Waals surface area contributed by atoms with Gasteiger partial charge in [0.15, 0.2) is 0 Å². The fraction of sp³-hybridized carbons (Fsp3) is 0.261. The van der Waals surface area contributed by atoms with Crippen molar-refractivity contribution >= 4 is 23.2 Å². The molecular weight excluding hydrogens is 414 g/mol. The van der Waals surface area contributed by atoms with Gasteiger partial charge in [-0.15, -0.1) is 11.3 Å². The lowest BCUT2D eigenvalue weighted by Crippen LogP contribution is -2.42. The number of nitrogens with zero attached hydrogens (tertiary/aromatic N) is 1. The zero-order valence-corrected chi connectivity index (χ0v) is 18.5. The largest absolute Gasteiger partial charge is 0.493 e. The second kappa shape index (κ2) is 10.6. The molecule has 0 aliphatic carbocycles. The first-order valence-electron chi connectivity index (χ1n) is 9.98. The van der Waals surface area contributed by atoms with E-state index in [9.17, 15) is 9.59 Å². The molecule has 162 valence electrons. The number of carbonyl (C=O) groups is 2. The Balaban J connectivity index is 1.54. The van der Waals surface area contributed by atoms with Crippen LogP contribution in [-0.2, 0) is 11.2 Å². The fourth-order valence-electron chi connectivity index (χ4n) is 2.80. The minimum Gasteiger partial charge on any atom is -0.493 e. The van der Waals surface area contributed by atoms with Crippen LogP contribution in [0, 0.1) is 0 Å². The lowest BCUT2D eigenvalue weighted by Gasteiger charge is -2.10. The third-order valence-corrected chi connectivity index (χ3v) is 5.04. The van der Waals surface area contributed by atoms with Crippen molar-refractivity contribution in [3.05, 3.63) is 65.2 Å². The Morgan fingerprint density at radius 3 is 2.52 bits per heavy atom. The van der Waals surface area contributed by atoms with Crippen LogP contribution in [0.1, 0.15) is 36.8 Å². The smallest absolute Gasteiger partial charge is 0.269 e. The first-order valence-corrected chi connectivity index (χ1v) is 10.9. The monoisotopic (exact) mass is 439 g/mol. The zero-order valence-electron chi connectivity index (χ0n) is 17.7. The van der Waals surface area contributed by atoms with Gasteiger partial charge in [0.25, 0.3) is 5.91 Å². The highest BCUT2D eigenvalue weighted by atomic mass is 32.1. The number of thiazole rings is 1. The van der Waals surface area contributed by atoms with E-state index in [1.807, 2.05) is 50.4 Å². The van der Waals surface area contributed by atoms with E-state index in [1.54, 1.807) is 24.3 Å². The SMILES string of the molecule is CCOc1ccccc1-c1nc(CC(=O)NNC(=O)c2ccc(OC(C)C)cc2)cs1. The molecule has 7 nitrogen and oxygen atoms in total. The van der Waals surface area contributed by atoms with Crippen LogP contribution in [0.5, 0.6) is 11.5 Å². The zero-order chi connectivity index (χ0) is 22.2. The lowest BCUT2D eigenvalue weighted by molar-refractivity contribution is -0.121. The Morgan fingerprint density at radius 2 is 1.81 bits per heavy atom. The summed E-state index contributed by atoms with van der Waals surface area (Å²) in [6, 6.07) is 14.4. The number of hydrogen-bond acceptors (Lipinski definition) is 6. The molecule has 0 atom stereocenters. The maximum absolute atomic E-state index is 12.2. The molecule has 0 unspecified atom stereocenters. The maximum atomic E-state index is 12.2. The summed E-state index contributed by atoms with van der Waals surface area (Å²) < 4.78 is 11.2. The van der Waals surface area contributed by atoms with Gasteiger partial charge in [-0.05, 0) is 57.2 Å². The van der Waals surface area contributed by atoms with E-state index < -0.39 is 5.91 Å². The van der Waals surface area contributed by atoms with Gasteiger partial charge in [0.05, 0.1) is 30.4 Å². The molecule has 2 N–H and O–H groups in total. The highest BCUT2D eigenvalue weighted by molar-refractivity contribution is 7.13. The Morgan fingerprint density at radius 1 is 1.06 bits per heavy atom. The normalized spacial score (nSPS) is 10.6. The van der Waals surface area contributed by atoms with Crippen LogP contribution in [0.3, 0.4) is 0 Å². The first-order chi connectivity index (χ1) is 15.0. The van der Waals surface area contributed by atoms with Gasteiger partial charge in [-0.25, -0.2) is 4.98 Å². The molecule has 0 saturated carbocycles. The van der Waals surface area contributed by atoms with Gasteiger partial charge in [0.1, 0.15) is 16.5 Å². The molecular formula is C23H25N3O4S. The van der Waals surface area contributed by atoms with E-state index in [4.69, 9.17) is 9.47 Å². The van der Waals surface area contributed by atoms with E-state index in [2.05, 4.69) is 15.8 Å².